The highest BCUT2D eigenvalue weighted by Gasteiger charge is 2.21. The number of aldehydes is 1. The first kappa shape index (κ1) is 15.4. The Bertz CT molecular complexity index is 719. The number of methoxy groups -OCH3 is 3. The van der Waals surface area contributed by atoms with Crippen molar-refractivity contribution < 1.29 is 28.9 Å². The second kappa shape index (κ2) is 6.21. The highest BCUT2D eigenvalue weighted by atomic mass is 16.5. The monoisotopic (exact) mass is 305 g/mol. The number of benzene rings is 1. The SMILES string of the molecule is COc1ccc(-c2cc(C(=O)O)[nH]c2C=O)c(OC)c1OC. The number of hydrogen-bond donors (Lipinski definition) is 2. The van der Waals surface area contributed by atoms with Crippen molar-refractivity contribution in [1.82, 2.24) is 4.98 Å². The van der Waals surface area contributed by atoms with E-state index in [-0.39, 0.29) is 11.4 Å². The molecule has 0 saturated carbocycles. The topological polar surface area (TPSA) is 97.9 Å². The first-order valence-corrected chi connectivity index (χ1v) is 6.28. The fourth-order valence-corrected chi connectivity index (χ4v) is 2.21. The van der Waals surface area contributed by atoms with Crippen molar-refractivity contribution in [1.29, 1.82) is 0 Å². The minimum Gasteiger partial charge on any atom is -0.493 e. The number of carbonyl (C=O) groups excluding carboxylic acids is 1. The summed E-state index contributed by atoms with van der Waals surface area (Å²) in [6, 6.07) is 4.69. The van der Waals surface area contributed by atoms with Gasteiger partial charge in [0.1, 0.15) is 5.69 Å². The number of rotatable bonds is 6. The Balaban J connectivity index is 2.72. The smallest absolute Gasteiger partial charge is 0.352 e. The van der Waals surface area contributed by atoms with E-state index in [1.54, 1.807) is 12.1 Å². The lowest BCUT2D eigenvalue weighted by Crippen LogP contribution is -1.97. The van der Waals surface area contributed by atoms with E-state index in [1.807, 2.05) is 0 Å². The lowest BCUT2D eigenvalue weighted by Gasteiger charge is -2.15. The van der Waals surface area contributed by atoms with Crippen molar-refractivity contribution in [3.63, 3.8) is 0 Å². The summed E-state index contributed by atoms with van der Waals surface area (Å²) in [6.07, 6.45) is 0.553. The van der Waals surface area contributed by atoms with E-state index < -0.39 is 5.97 Å². The van der Waals surface area contributed by atoms with Gasteiger partial charge in [0.25, 0.3) is 0 Å². The number of H-pyrrole nitrogens is 1. The number of carboxylic acid groups (broad SMARTS) is 1. The van der Waals surface area contributed by atoms with Crippen LogP contribution in [0.2, 0.25) is 0 Å². The predicted octanol–water partition coefficient (Wildman–Crippen LogP) is 2.22. The predicted molar refractivity (Wildman–Crippen MR) is 78.2 cm³/mol. The highest BCUT2D eigenvalue weighted by molar-refractivity contribution is 5.95. The standard InChI is InChI=1S/C15H15NO6/c1-20-12-5-4-8(13(21-2)14(12)22-3)9-6-10(15(18)19)16-11(9)7-17/h4-7,16H,1-3H3,(H,18,19). The molecule has 0 radical (unpaired) electrons. The van der Waals surface area contributed by atoms with E-state index in [1.165, 1.54) is 27.4 Å². The summed E-state index contributed by atoms with van der Waals surface area (Å²) in [5, 5.41) is 9.05. The van der Waals surface area contributed by atoms with Crippen molar-refractivity contribution in [3.8, 4) is 28.4 Å². The van der Waals surface area contributed by atoms with Crippen LogP contribution in [0.15, 0.2) is 18.2 Å². The van der Waals surface area contributed by atoms with Gasteiger partial charge >= 0.3 is 5.97 Å². The van der Waals surface area contributed by atoms with Gasteiger partial charge in [0, 0.05) is 11.1 Å². The minimum atomic E-state index is -1.16. The van der Waals surface area contributed by atoms with Gasteiger partial charge in [-0.3, -0.25) is 4.79 Å². The van der Waals surface area contributed by atoms with Crippen LogP contribution < -0.4 is 14.2 Å². The first-order chi connectivity index (χ1) is 10.6. The molecular weight excluding hydrogens is 290 g/mol. The molecule has 0 fully saturated rings. The first-order valence-electron chi connectivity index (χ1n) is 6.28. The molecule has 0 aliphatic heterocycles. The van der Waals surface area contributed by atoms with Crippen LogP contribution >= 0.6 is 0 Å². The summed E-state index contributed by atoms with van der Waals surface area (Å²) in [7, 11) is 4.41. The maximum Gasteiger partial charge on any atom is 0.352 e. The third-order valence-electron chi connectivity index (χ3n) is 3.19. The van der Waals surface area contributed by atoms with Crippen LogP contribution in [0.4, 0.5) is 0 Å². The van der Waals surface area contributed by atoms with Gasteiger partial charge < -0.3 is 24.3 Å². The average molecular weight is 305 g/mol. The third kappa shape index (κ3) is 2.48. The molecule has 0 spiro atoms. The molecule has 0 aliphatic rings. The van der Waals surface area contributed by atoms with Crippen molar-refractivity contribution in [3.05, 3.63) is 29.6 Å². The van der Waals surface area contributed by atoms with Crippen LogP contribution in [0.3, 0.4) is 0 Å². The largest absolute Gasteiger partial charge is 0.493 e. The highest BCUT2D eigenvalue weighted by Crippen LogP contribution is 2.45. The molecule has 2 rings (SSSR count). The third-order valence-corrected chi connectivity index (χ3v) is 3.19. The van der Waals surface area contributed by atoms with Gasteiger partial charge in [0.2, 0.25) is 5.75 Å². The van der Waals surface area contributed by atoms with Crippen LogP contribution in [0.25, 0.3) is 11.1 Å². The van der Waals surface area contributed by atoms with E-state index in [2.05, 4.69) is 4.98 Å². The molecule has 0 atom stereocenters. The van der Waals surface area contributed by atoms with Crippen molar-refractivity contribution in [2.45, 2.75) is 0 Å². The van der Waals surface area contributed by atoms with Gasteiger partial charge in [-0.05, 0) is 18.2 Å². The van der Waals surface area contributed by atoms with E-state index in [0.29, 0.717) is 34.7 Å². The molecule has 1 aromatic heterocycles. The number of ether oxygens (including phenoxy) is 3. The van der Waals surface area contributed by atoms with E-state index in [0.717, 1.165) is 0 Å². The lowest BCUT2D eigenvalue weighted by atomic mass is 10.0. The zero-order valence-electron chi connectivity index (χ0n) is 12.3. The van der Waals surface area contributed by atoms with Gasteiger partial charge in [0.15, 0.2) is 17.8 Å². The number of aromatic nitrogens is 1. The normalized spacial score (nSPS) is 10.1. The molecule has 2 N–H and O–H groups in total. The van der Waals surface area contributed by atoms with E-state index >= 15 is 0 Å². The van der Waals surface area contributed by atoms with Crippen molar-refractivity contribution in [2.75, 3.05) is 21.3 Å². The molecule has 0 amide bonds. The fraction of sp³-hybridized carbons (Fsp3) is 0.200. The number of nitrogens with one attached hydrogen (secondary N) is 1. The van der Waals surface area contributed by atoms with Crippen LogP contribution in [0.5, 0.6) is 17.2 Å². The van der Waals surface area contributed by atoms with Gasteiger partial charge in [-0.1, -0.05) is 0 Å². The molecule has 7 heteroatoms. The second-order valence-corrected chi connectivity index (χ2v) is 4.32. The Labute approximate surface area is 126 Å². The maximum atomic E-state index is 11.2. The molecule has 7 nitrogen and oxygen atoms in total. The van der Waals surface area contributed by atoms with Crippen LogP contribution in [-0.2, 0) is 0 Å². The number of hydrogen-bond acceptors (Lipinski definition) is 5. The Kier molecular flexibility index (Phi) is 4.36. The summed E-state index contributed by atoms with van der Waals surface area (Å²) in [6.45, 7) is 0. The van der Waals surface area contributed by atoms with Gasteiger partial charge in [0.05, 0.1) is 27.0 Å². The molecule has 2 aromatic rings. The Morgan fingerprint density at radius 2 is 1.77 bits per heavy atom. The molecule has 0 unspecified atom stereocenters. The summed E-state index contributed by atoms with van der Waals surface area (Å²) in [4.78, 5) is 24.8. The number of carboxylic acids is 1. The maximum absolute atomic E-state index is 11.2. The van der Waals surface area contributed by atoms with Crippen LogP contribution in [0.1, 0.15) is 21.0 Å². The minimum absolute atomic E-state index is 0.0889. The van der Waals surface area contributed by atoms with E-state index in [4.69, 9.17) is 19.3 Å². The average Bonchev–Trinajstić information content (AvgIpc) is 2.97. The summed E-state index contributed by atoms with van der Waals surface area (Å²) >= 11 is 0. The lowest BCUT2D eigenvalue weighted by molar-refractivity contribution is 0.0691. The van der Waals surface area contributed by atoms with Crippen LogP contribution in [0, 0.1) is 0 Å². The fourth-order valence-electron chi connectivity index (χ4n) is 2.21. The second-order valence-electron chi connectivity index (χ2n) is 4.32. The summed E-state index contributed by atoms with van der Waals surface area (Å²) in [5.74, 6) is 0.0110. The zero-order chi connectivity index (χ0) is 16.3. The molecule has 0 bridgehead atoms. The molecule has 116 valence electrons. The number of aromatic amines is 1. The van der Waals surface area contributed by atoms with Gasteiger partial charge in [-0.2, -0.15) is 0 Å². The van der Waals surface area contributed by atoms with E-state index in [9.17, 15) is 9.59 Å². The summed E-state index contributed by atoms with van der Waals surface area (Å²) < 4.78 is 15.8. The van der Waals surface area contributed by atoms with Gasteiger partial charge in [-0.25, -0.2) is 4.79 Å². The molecule has 22 heavy (non-hydrogen) atoms. The Hall–Kier alpha value is -2.96. The number of carbonyl (C=O) groups is 2. The summed E-state index contributed by atoms with van der Waals surface area (Å²) in [5.41, 5.74) is 0.980. The molecule has 0 aliphatic carbocycles. The van der Waals surface area contributed by atoms with Gasteiger partial charge in [-0.15, -0.1) is 0 Å². The Morgan fingerprint density at radius 1 is 1.09 bits per heavy atom. The number of aromatic carboxylic acids is 1. The molecule has 0 saturated heterocycles. The molecular formula is C15H15NO6. The Morgan fingerprint density at radius 3 is 2.27 bits per heavy atom. The molecule has 1 heterocycles. The zero-order valence-corrected chi connectivity index (χ0v) is 12.3. The molecule has 1 aromatic carbocycles. The quantitative estimate of drug-likeness (QED) is 0.794. The van der Waals surface area contributed by atoms with Crippen LogP contribution in [-0.4, -0.2) is 43.7 Å². The van der Waals surface area contributed by atoms with Crippen molar-refractivity contribution >= 4 is 12.3 Å². The van der Waals surface area contributed by atoms with Crippen molar-refractivity contribution in [2.24, 2.45) is 0 Å².